The molecule has 0 atom stereocenters. The molecule has 0 amide bonds. The Hall–Kier alpha value is -1.81. The highest BCUT2D eigenvalue weighted by atomic mass is 79.9. The maximum atomic E-state index is 10.8. The van der Waals surface area contributed by atoms with E-state index in [2.05, 4.69) is 35.8 Å². The molecule has 2 aromatic carbocycles. The number of aldehydes is 1. The lowest BCUT2D eigenvalue weighted by molar-refractivity contribution is 0.112. The fourth-order valence-corrected chi connectivity index (χ4v) is 2.94. The zero-order valence-electron chi connectivity index (χ0n) is 11.9. The topological polar surface area (TPSA) is 35.5 Å². The van der Waals surface area contributed by atoms with Crippen LogP contribution in [0.3, 0.4) is 0 Å². The van der Waals surface area contributed by atoms with Gasteiger partial charge in [0.05, 0.1) is 4.47 Å². The monoisotopic (exact) mass is 346 g/mol. The van der Waals surface area contributed by atoms with E-state index in [1.54, 1.807) is 18.2 Å². The Labute approximate surface area is 132 Å². The first-order valence-corrected chi connectivity index (χ1v) is 7.51. The molecule has 21 heavy (non-hydrogen) atoms. The molecule has 3 nitrogen and oxygen atoms in total. The van der Waals surface area contributed by atoms with Gasteiger partial charge in [0.15, 0.2) is 11.5 Å². The zero-order valence-corrected chi connectivity index (χ0v) is 13.4. The molecule has 0 fully saturated rings. The second-order valence-electron chi connectivity index (χ2n) is 5.69. The van der Waals surface area contributed by atoms with E-state index in [4.69, 9.17) is 9.47 Å². The van der Waals surface area contributed by atoms with E-state index in [1.165, 1.54) is 0 Å². The van der Waals surface area contributed by atoms with Crippen molar-refractivity contribution >= 4 is 22.2 Å². The second kappa shape index (κ2) is 5.19. The number of rotatable bonds is 3. The van der Waals surface area contributed by atoms with Crippen LogP contribution in [0, 0.1) is 0 Å². The fraction of sp³-hybridized carbons (Fsp3) is 0.235. The summed E-state index contributed by atoms with van der Waals surface area (Å²) in [6.45, 7) is 4.12. The largest absolute Gasteiger partial charge is 0.483 e. The maximum absolute atomic E-state index is 10.8. The Kier molecular flexibility index (Phi) is 3.49. The predicted octanol–water partition coefficient (Wildman–Crippen LogP) is 4.77. The summed E-state index contributed by atoms with van der Waals surface area (Å²) in [5.41, 5.74) is 1.54. The van der Waals surface area contributed by atoms with Crippen molar-refractivity contribution in [2.24, 2.45) is 0 Å². The van der Waals surface area contributed by atoms with Crippen molar-refractivity contribution in [2.45, 2.75) is 25.9 Å². The third kappa shape index (κ3) is 2.81. The minimum absolute atomic E-state index is 0.208. The van der Waals surface area contributed by atoms with Gasteiger partial charge in [-0.15, -0.1) is 0 Å². The van der Waals surface area contributed by atoms with E-state index in [9.17, 15) is 4.79 Å². The van der Waals surface area contributed by atoms with E-state index >= 15 is 0 Å². The lowest BCUT2D eigenvalue weighted by Gasteiger charge is -2.18. The molecule has 0 radical (unpaired) electrons. The molecule has 2 aromatic rings. The van der Waals surface area contributed by atoms with Gasteiger partial charge in [-0.25, -0.2) is 0 Å². The first-order chi connectivity index (χ1) is 9.98. The summed E-state index contributed by atoms with van der Waals surface area (Å²) < 4.78 is 12.7. The Morgan fingerprint density at radius 2 is 2.05 bits per heavy atom. The summed E-state index contributed by atoms with van der Waals surface area (Å²) in [4.78, 5) is 10.8. The van der Waals surface area contributed by atoms with Crippen molar-refractivity contribution in [2.75, 3.05) is 0 Å². The molecule has 4 heteroatoms. The molecule has 3 rings (SSSR count). The molecular formula is C17H15BrO3. The SMILES string of the molecule is CC1(C)Cc2cccc(Oc3ccc(C=O)cc3Br)c2O1. The van der Waals surface area contributed by atoms with Gasteiger partial charge in [-0.1, -0.05) is 12.1 Å². The number of benzene rings is 2. The number of carbonyl (C=O) groups is 1. The number of ether oxygens (including phenoxy) is 2. The average molecular weight is 347 g/mol. The standard InChI is InChI=1S/C17H15BrO3/c1-17(2)9-12-4-3-5-15(16(12)21-17)20-14-7-6-11(10-19)8-13(14)18/h3-8,10H,9H2,1-2H3. The van der Waals surface area contributed by atoms with E-state index in [0.29, 0.717) is 17.1 Å². The highest BCUT2D eigenvalue weighted by Gasteiger charge is 2.32. The maximum Gasteiger partial charge on any atom is 0.169 e. The van der Waals surface area contributed by atoms with Crippen molar-refractivity contribution in [3.8, 4) is 17.2 Å². The molecule has 0 saturated carbocycles. The van der Waals surface area contributed by atoms with Gasteiger partial charge < -0.3 is 9.47 Å². The molecule has 0 aromatic heterocycles. The van der Waals surface area contributed by atoms with Crippen LogP contribution in [0.1, 0.15) is 29.8 Å². The van der Waals surface area contributed by atoms with Crippen molar-refractivity contribution in [3.05, 3.63) is 52.0 Å². The van der Waals surface area contributed by atoms with Crippen LogP contribution in [0.2, 0.25) is 0 Å². The minimum Gasteiger partial charge on any atom is -0.483 e. The average Bonchev–Trinajstić information content (AvgIpc) is 2.76. The Bertz CT molecular complexity index is 707. The van der Waals surface area contributed by atoms with E-state index in [0.717, 1.165) is 28.5 Å². The summed E-state index contributed by atoms with van der Waals surface area (Å²) in [5.74, 6) is 2.15. The molecule has 0 N–H and O–H groups in total. The van der Waals surface area contributed by atoms with Crippen LogP contribution < -0.4 is 9.47 Å². The quantitative estimate of drug-likeness (QED) is 0.751. The normalized spacial score (nSPS) is 15.2. The minimum atomic E-state index is -0.208. The number of para-hydroxylation sites is 1. The lowest BCUT2D eigenvalue weighted by Crippen LogP contribution is -2.24. The van der Waals surface area contributed by atoms with Crippen molar-refractivity contribution < 1.29 is 14.3 Å². The van der Waals surface area contributed by atoms with Gasteiger partial charge in [-0.3, -0.25) is 4.79 Å². The number of hydrogen-bond acceptors (Lipinski definition) is 3. The van der Waals surface area contributed by atoms with Crippen LogP contribution in [0.4, 0.5) is 0 Å². The third-order valence-electron chi connectivity index (χ3n) is 3.37. The van der Waals surface area contributed by atoms with E-state index < -0.39 is 0 Å². The fourth-order valence-electron chi connectivity index (χ4n) is 2.46. The van der Waals surface area contributed by atoms with Crippen molar-refractivity contribution in [1.29, 1.82) is 0 Å². The van der Waals surface area contributed by atoms with Crippen LogP contribution in [-0.2, 0) is 6.42 Å². The van der Waals surface area contributed by atoms with Crippen LogP contribution in [0.15, 0.2) is 40.9 Å². The van der Waals surface area contributed by atoms with Gasteiger partial charge in [0, 0.05) is 17.5 Å². The molecule has 0 aliphatic carbocycles. The Balaban J connectivity index is 1.94. The van der Waals surface area contributed by atoms with Gasteiger partial charge >= 0.3 is 0 Å². The first-order valence-electron chi connectivity index (χ1n) is 6.72. The Morgan fingerprint density at radius 3 is 2.76 bits per heavy atom. The Morgan fingerprint density at radius 1 is 1.24 bits per heavy atom. The number of hydrogen-bond donors (Lipinski definition) is 0. The smallest absolute Gasteiger partial charge is 0.169 e. The predicted molar refractivity (Wildman–Crippen MR) is 84.5 cm³/mol. The summed E-state index contributed by atoms with van der Waals surface area (Å²) in [5, 5.41) is 0. The third-order valence-corrected chi connectivity index (χ3v) is 3.99. The molecule has 0 spiro atoms. The second-order valence-corrected chi connectivity index (χ2v) is 6.55. The molecule has 1 aliphatic rings. The summed E-state index contributed by atoms with van der Waals surface area (Å²) in [6.07, 6.45) is 1.67. The van der Waals surface area contributed by atoms with Crippen LogP contribution >= 0.6 is 15.9 Å². The number of carbonyl (C=O) groups excluding carboxylic acids is 1. The van der Waals surface area contributed by atoms with Crippen molar-refractivity contribution in [1.82, 2.24) is 0 Å². The summed E-state index contributed by atoms with van der Waals surface area (Å²) >= 11 is 3.42. The number of halogens is 1. The molecule has 1 aliphatic heterocycles. The molecule has 0 unspecified atom stereocenters. The van der Waals surface area contributed by atoms with Gasteiger partial charge in [0.25, 0.3) is 0 Å². The summed E-state index contributed by atoms with van der Waals surface area (Å²) in [7, 11) is 0. The zero-order chi connectivity index (χ0) is 15.0. The van der Waals surface area contributed by atoms with Crippen molar-refractivity contribution in [3.63, 3.8) is 0 Å². The molecule has 0 bridgehead atoms. The van der Waals surface area contributed by atoms with E-state index in [-0.39, 0.29) is 5.60 Å². The van der Waals surface area contributed by atoms with Crippen LogP contribution in [0.5, 0.6) is 17.2 Å². The molecule has 108 valence electrons. The van der Waals surface area contributed by atoms with Gasteiger partial charge in [0.2, 0.25) is 0 Å². The van der Waals surface area contributed by atoms with Crippen LogP contribution in [-0.4, -0.2) is 11.9 Å². The summed E-state index contributed by atoms with van der Waals surface area (Å²) in [6, 6.07) is 11.1. The lowest BCUT2D eigenvalue weighted by atomic mass is 10.0. The van der Waals surface area contributed by atoms with Gasteiger partial charge in [-0.2, -0.15) is 0 Å². The van der Waals surface area contributed by atoms with E-state index in [1.807, 2.05) is 12.1 Å². The molecular weight excluding hydrogens is 332 g/mol. The highest BCUT2D eigenvalue weighted by Crippen LogP contribution is 2.44. The number of fused-ring (bicyclic) bond motifs is 1. The van der Waals surface area contributed by atoms with Gasteiger partial charge in [0.1, 0.15) is 17.6 Å². The molecule has 0 saturated heterocycles. The highest BCUT2D eigenvalue weighted by molar-refractivity contribution is 9.10. The van der Waals surface area contributed by atoms with Crippen LogP contribution in [0.25, 0.3) is 0 Å². The molecule has 1 heterocycles. The first kappa shape index (κ1) is 14.1. The van der Waals surface area contributed by atoms with Gasteiger partial charge in [-0.05, 0) is 54.0 Å².